The van der Waals surface area contributed by atoms with Gasteiger partial charge < -0.3 is 14.4 Å². The zero-order valence-electron chi connectivity index (χ0n) is 11.0. The summed E-state index contributed by atoms with van der Waals surface area (Å²) < 4.78 is 6.77. The summed E-state index contributed by atoms with van der Waals surface area (Å²) in [6.45, 7) is 0. The van der Waals surface area contributed by atoms with Crippen LogP contribution in [0.25, 0.3) is 11.3 Å². The van der Waals surface area contributed by atoms with Crippen molar-refractivity contribution in [3.63, 3.8) is 0 Å². The van der Waals surface area contributed by atoms with Crippen molar-refractivity contribution in [2.75, 3.05) is 7.11 Å². The van der Waals surface area contributed by atoms with Crippen molar-refractivity contribution in [2.45, 2.75) is 24.0 Å². The topological polar surface area (TPSA) is 64.3 Å². The van der Waals surface area contributed by atoms with Gasteiger partial charge in [-0.1, -0.05) is 24.3 Å². The number of hydrogen-bond donors (Lipinski definition) is 1. The molecule has 1 spiro atoms. The van der Waals surface area contributed by atoms with Crippen LogP contribution in [0.3, 0.4) is 0 Å². The molecule has 1 aliphatic heterocycles. The highest BCUT2D eigenvalue weighted by Crippen LogP contribution is 2.58. The quantitative estimate of drug-likeness (QED) is 0.793. The third-order valence-corrected chi connectivity index (χ3v) is 4.54. The van der Waals surface area contributed by atoms with Gasteiger partial charge in [-0.05, 0) is 5.56 Å². The van der Waals surface area contributed by atoms with Crippen LogP contribution in [-0.4, -0.2) is 33.3 Å². The summed E-state index contributed by atoms with van der Waals surface area (Å²) in [4.78, 5) is 15.9. The lowest BCUT2D eigenvalue weighted by Crippen LogP contribution is -2.61. The number of imidazole rings is 1. The molecule has 2 heterocycles. The average molecular weight is 270 g/mol. The third-order valence-electron chi connectivity index (χ3n) is 4.54. The standard InChI is InChI=1S/C15H14N2O3/c1-20-13(18)15(19)7-14(8-15)11-5-3-2-4-10(11)12-6-16-9-17(12)14/h2-6,9,19H,7-8H2,1H3. The first kappa shape index (κ1) is 11.7. The van der Waals surface area contributed by atoms with Gasteiger partial charge in [0.05, 0.1) is 30.9 Å². The van der Waals surface area contributed by atoms with Crippen molar-refractivity contribution in [3.8, 4) is 11.3 Å². The molecular weight excluding hydrogens is 256 g/mol. The number of fused-ring (bicyclic) bond motifs is 5. The van der Waals surface area contributed by atoms with E-state index in [1.807, 2.05) is 24.4 Å². The molecule has 1 saturated carbocycles. The monoisotopic (exact) mass is 270 g/mol. The van der Waals surface area contributed by atoms with Gasteiger partial charge in [-0.15, -0.1) is 0 Å². The molecule has 2 aromatic rings. The Bertz CT molecular complexity index is 713. The number of carbonyl (C=O) groups is 1. The summed E-state index contributed by atoms with van der Waals surface area (Å²) in [7, 11) is 1.30. The van der Waals surface area contributed by atoms with Crippen LogP contribution >= 0.6 is 0 Å². The van der Waals surface area contributed by atoms with Gasteiger partial charge in [0.25, 0.3) is 0 Å². The first-order valence-corrected chi connectivity index (χ1v) is 6.54. The highest BCUT2D eigenvalue weighted by atomic mass is 16.5. The molecule has 4 rings (SSSR count). The largest absolute Gasteiger partial charge is 0.467 e. The smallest absolute Gasteiger partial charge is 0.338 e. The average Bonchev–Trinajstić information content (AvgIpc) is 3.00. The highest BCUT2D eigenvalue weighted by molar-refractivity contribution is 5.83. The molecule has 102 valence electrons. The molecule has 0 radical (unpaired) electrons. The zero-order chi connectivity index (χ0) is 14.0. The van der Waals surface area contributed by atoms with Crippen LogP contribution in [-0.2, 0) is 15.1 Å². The molecule has 1 aromatic carbocycles. The van der Waals surface area contributed by atoms with E-state index >= 15 is 0 Å². The number of benzene rings is 1. The maximum Gasteiger partial charge on any atom is 0.338 e. The fourth-order valence-corrected chi connectivity index (χ4v) is 3.69. The van der Waals surface area contributed by atoms with E-state index < -0.39 is 11.6 Å². The lowest BCUT2D eigenvalue weighted by Gasteiger charge is -2.50. The Hall–Kier alpha value is -2.14. The summed E-state index contributed by atoms with van der Waals surface area (Å²) in [5, 5.41) is 10.4. The molecule has 1 fully saturated rings. The Balaban J connectivity index is 1.84. The van der Waals surface area contributed by atoms with Crippen molar-refractivity contribution in [1.29, 1.82) is 0 Å². The van der Waals surface area contributed by atoms with Crippen LogP contribution in [0.15, 0.2) is 36.8 Å². The third kappa shape index (κ3) is 1.16. The maximum atomic E-state index is 11.7. The number of methoxy groups -OCH3 is 1. The number of aliphatic hydroxyl groups is 1. The van der Waals surface area contributed by atoms with E-state index in [4.69, 9.17) is 4.74 Å². The molecular formula is C15H14N2O3. The van der Waals surface area contributed by atoms with Gasteiger partial charge in [-0.3, -0.25) is 0 Å². The van der Waals surface area contributed by atoms with Gasteiger partial charge in [0.15, 0.2) is 5.60 Å². The molecule has 5 nitrogen and oxygen atoms in total. The fourth-order valence-electron chi connectivity index (χ4n) is 3.69. The van der Waals surface area contributed by atoms with E-state index in [9.17, 15) is 9.90 Å². The Morgan fingerprint density at radius 1 is 1.40 bits per heavy atom. The fraction of sp³-hybridized carbons (Fsp3) is 0.333. The minimum Gasteiger partial charge on any atom is -0.467 e. The minimum absolute atomic E-state index is 0.326. The first-order chi connectivity index (χ1) is 9.61. The van der Waals surface area contributed by atoms with Crippen molar-refractivity contribution in [3.05, 3.63) is 42.4 Å². The minimum atomic E-state index is -1.40. The maximum absolute atomic E-state index is 11.7. The Morgan fingerprint density at radius 2 is 2.15 bits per heavy atom. The molecule has 0 saturated heterocycles. The summed E-state index contributed by atoms with van der Waals surface area (Å²) in [5.74, 6) is -0.561. The Kier molecular flexibility index (Phi) is 2.04. The van der Waals surface area contributed by atoms with Crippen molar-refractivity contribution >= 4 is 5.97 Å². The molecule has 0 unspecified atom stereocenters. The number of rotatable bonds is 1. The molecule has 5 heteroatoms. The number of nitrogens with zero attached hydrogens (tertiary/aromatic N) is 2. The SMILES string of the molecule is COC(=O)C1(O)CC2(C1)c1ccccc1-c1cncn12. The zero-order valence-corrected chi connectivity index (χ0v) is 11.0. The van der Waals surface area contributed by atoms with Gasteiger partial charge in [-0.2, -0.15) is 0 Å². The lowest BCUT2D eigenvalue weighted by atomic mass is 9.62. The Morgan fingerprint density at radius 3 is 2.90 bits per heavy atom. The number of aromatic nitrogens is 2. The summed E-state index contributed by atoms with van der Waals surface area (Å²) in [5.41, 5.74) is 1.54. The van der Waals surface area contributed by atoms with Gasteiger partial charge in [-0.25, -0.2) is 9.78 Å². The van der Waals surface area contributed by atoms with Crippen molar-refractivity contribution < 1.29 is 14.6 Å². The molecule has 2 aliphatic rings. The summed E-state index contributed by atoms with van der Waals surface area (Å²) >= 11 is 0. The number of hydrogen-bond acceptors (Lipinski definition) is 4. The number of ether oxygens (including phenoxy) is 1. The molecule has 0 bridgehead atoms. The second-order valence-electron chi connectivity index (χ2n) is 5.60. The van der Waals surface area contributed by atoms with Crippen LogP contribution in [0.1, 0.15) is 18.4 Å². The second-order valence-corrected chi connectivity index (χ2v) is 5.60. The summed E-state index contributed by atoms with van der Waals surface area (Å²) in [6.07, 6.45) is 4.25. The lowest BCUT2D eigenvalue weighted by molar-refractivity contribution is -0.183. The predicted molar refractivity (Wildman–Crippen MR) is 70.9 cm³/mol. The van der Waals surface area contributed by atoms with E-state index in [2.05, 4.69) is 15.6 Å². The van der Waals surface area contributed by atoms with Gasteiger partial charge in [0, 0.05) is 18.4 Å². The number of carbonyl (C=O) groups excluding carboxylic acids is 1. The van der Waals surface area contributed by atoms with Crippen molar-refractivity contribution in [1.82, 2.24) is 9.55 Å². The number of esters is 1. The normalized spacial score (nSPS) is 29.7. The Labute approximate surface area is 115 Å². The highest BCUT2D eigenvalue weighted by Gasteiger charge is 2.63. The van der Waals surface area contributed by atoms with E-state index in [-0.39, 0.29) is 5.54 Å². The van der Waals surface area contributed by atoms with E-state index in [0.717, 1.165) is 16.8 Å². The second kappa shape index (κ2) is 3.49. The molecule has 1 N–H and O–H groups in total. The van der Waals surface area contributed by atoms with Gasteiger partial charge in [0.2, 0.25) is 0 Å². The van der Waals surface area contributed by atoms with Crippen LogP contribution in [0.2, 0.25) is 0 Å². The first-order valence-electron chi connectivity index (χ1n) is 6.54. The van der Waals surface area contributed by atoms with Crippen LogP contribution in [0.4, 0.5) is 0 Å². The molecule has 0 amide bonds. The van der Waals surface area contributed by atoms with Crippen LogP contribution in [0, 0.1) is 0 Å². The van der Waals surface area contributed by atoms with E-state index in [1.165, 1.54) is 7.11 Å². The molecule has 0 atom stereocenters. The molecule has 1 aromatic heterocycles. The molecule has 20 heavy (non-hydrogen) atoms. The van der Waals surface area contributed by atoms with Crippen LogP contribution < -0.4 is 0 Å². The summed E-state index contributed by atoms with van der Waals surface area (Å²) in [6, 6.07) is 8.07. The van der Waals surface area contributed by atoms with Crippen molar-refractivity contribution in [2.24, 2.45) is 0 Å². The van der Waals surface area contributed by atoms with E-state index in [0.29, 0.717) is 12.8 Å². The van der Waals surface area contributed by atoms with Gasteiger partial charge >= 0.3 is 5.97 Å². The van der Waals surface area contributed by atoms with E-state index in [1.54, 1.807) is 6.33 Å². The van der Waals surface area contributed by atoms with Crippen LogP contribution in [0.5, 0.6) is 0 Å². The molecule has 1 aliphatic carbocycles. The predicted octanol–water partition coefficient (Wildman–Crippen LogP) is 1.30. The van der Waals surface area contributed by atoms with Gasteiger partial charge in [0.1, 0.15) is 0 Å².